The van der Waals surface area contributed by atoms with Crippen molar-refractivity contribution in [1.82, 2.24) is 4.90 Å². The molecule has 0 unspecified atom stereocenters. The summed E-state index contributed by atoms with van der Waals surface area (Å²) >= 11 is 0. The van der Waals surface area contributed by atoms with Crippen molar-refractivity contribution >= 4 is 5.91 Å². The molecule has 2 heterocycles. The van der Waals surface area contributed by atoms with E-state index in [0.717, 1.165) is 5.76 Å². The van der Waals surface area contributed by atoms with Gasteiger partial charge in [0.25, 0.3) is 5.91 Å². The number of carbonyl (C=O) groups is 1. The highest BCUT2D eigenvalue weighted by Crippen LogP contribution is 2.15. The molecule has 1 aliphatic heterocycles. The van der Waals surface area contributed by atoms with Crippen LogP contribution >= 0.6 is 0 Å². The van der Waals surface area contributed by atoms with Gasteiger partial charge in [0.05, 0.1) is 12.2 Å². The summed E-state index contributed by atoms with van der Waals surface area (Å²) in [4.78, 5) is 13.9. The molecule has 4 nitrogen and oxygen atoms in total. The fourth-order valence-corrected chi connectivity index (χ4v) is 2.05. The summed E-state index contributed by atoms with van der Waals surface area (Å²) < 4.78 is 10.9. The van der Waals surface area contributed by atoms with Crippen LogP contribution < -0.4 is 0 Å². The first-order chi connectivity index (χ1) is 7.56. The van der Waals surface area contributed by atoms with Crippen LogP contribution in [0.25, 0.3) is 0 Å². The van der Waals surface area contributed by atoms with Gasteiger partial charge < -0.3 is 14.1 Å². The van der Waals surface area contributed by atoms with Crippen LogP contribution in [0.3, 0.4) is 0 Å². The molecular formula is C12H17NO3. The topological polar surface area (TPSA) is 42.7 Å². The van der Waals surface area contributed by atoms with Crippen LogP contribution in [0.2, 0.25) is 0 Å². The molecule has 0 aromatic carbocycles. The van der Waals surface area contributed by atoms with E-state index in [1.54, 1.807) is 17.0 Å². The van der Waals surface area contributed by atoms with Crippen LogP contribution in [0.1, 0.15) is 30.2 Å². The van der Waals surface area contributed by atoms with Gasteiger partial charge in [-0.15, -0.1) is 0 Å². The molecule has 16 heavy (non-hydrogen) atoms. The van der Waals surface area contributed by atoms with Crippen molar-refractivity contribution in [2.24, 2.45) is 0 Å². The minimum absolute atomic E-state index is 0.0462. The zero-order valence-corrected chi connectivity index (χ0v) is 9.90. The lowest BCUT2D eigenvalue weighted by molar-refractivity contribution is -0.0592. The second-order valence-corrected chi connectivity index (χ2v) is 4.38. The molecule has 1 aromatic rings. The summed E-state index contributed by atoms with van der Waals surface area (Å²) in [6.07, 6.45) is 0.174. The zero-order valence-electron chi connectivity index (χ0n) is 9.90. The summed E-state index contributed by atoms with van der Waals surface area (Å²) in [7, 11) is 0. The second-order valence-electron chi connectivity index (χ2n) is 4.38. The summed E-state index contributed by atoms with van der Waals surface area (Å²) in [5.74, 6) is 1.13. The number of aryl methyl sites for hydroxylation is 1. The molecule has 88 valence electrons. The van der Waals surface area contributed by atoms with Gasteiger partial charge >= 0.3 is 0 Å². The lowest BCUT2D eigenvalue weighted by Crippen LogP contribution is -2.48. The monoisotopic (exact) mass is 223 g/mol. The third-order valence-corrected chi connectivity index (χ3v) is 2.66. The van der Waals surface area contributed by atoms with E-state index in [4.69, 9.17) is 9.15 Å². The van der Waals surface area contributed by atoms with Crippen LogP contribution in [0, 0.1) is 6.92 Å². The van der Waals surface area contributed by atoms with Crippen molar-refractivity contribution < 1.29 is 13.9 Å². The van der Waals surface area contributed by atoms with E-state index in [9.17, 15) is 4.79 Å². The third kappa shape index (κ3) is 2.27. The average molecular weight is 223 g/mol. The highest BCUT2D eigenvalue weighted by atomic mass is 16.5. The van der Waals surface area contributed by atoms with Gasteiger partial charge in [0, 0.05) is 13.1 Å². The summed E-state index contributed by atoms with van der Waals surface area (Å²) in [6.45, 7) is 7.04. The Morgan fingerprint density at radius 1 is 1.31 bits per heavy atom. The second kappa shape index (κ2) is 4.29. The largest absolute Gasteiger partial charge is 0.456 e. The van der Waals surface area contributed by atoms with Crippen molar-refractivity contribution in [1.29, 1.82) is 0 Å². The van der Waals surface area contributed by atoms with Crippen molar-refractivity contribution in [2.45, 2.75) is 33.0 Å². The van der Waals surface area contributed by atoms with E-state index in [-0.39, 0.29) is 18.1 Å². The number of morpholine rings is 1. The van der Waals surface area contributed by atoms with Gasteiger partial charge in [-0.1, -0.05) is 0 Å². The zero-order chi connectivity index (χ0) is 11.7. The van der Waals surface area contributed by atoms with E-state index in [0.29, 0.717) is 18.8 Å². The highest BCUT2D eigenvalue weighted by molar-refractivity contribution is 5.91. The quantitative estimate of drug-likeness (QED) is 0.729. The Labute approximate surface area is 95.2 Å². The molecule has 0 radical (unpaired) electrons. The fourth-order valence-electron chi connectivity index (χ4n) is 2.05. The molecule has 1 aliphatic rings. The molecule has 4 heteroatoms. The number of rotatable bonds is 1. The number of nitrogens with zero attached hydrogens (tertiary/aromatic N) is 1. The Kier molecular flexibility index (Phi) is 3.01. The summed E-state index contributed by atoms with van der Waals surface area (Å²) in [5.41, 5.74) is 0. The molecule has 0 bridgehead atoms. The van der Waals surface area contributed by atoms with E-state index < -0.39 is 0 Å². The van der Waals surface area contributed by atoms with Crippen molar-refractivity contribution in [2.75, 3.05) is 13.1 Å². The van der Waals surface area contributed by atoms with Crippen LogP contribution in [0.5, 0.6) is 0 Å². The van der Waals surface area contributed by atoms with E-state index in [1.165, 1.54) is 0 Å². The fraction of sp³-hybridized carbons (Fsp3) is 0.583. The maximum Gasteiger partial charge on any atom is 0.289 e. The first-order valence-electron chi connectivity index (χ1n) is 5.57. The van der Waals surface area contributed by atoms with Gasteiger partial charge in [0.1, 0.15) is 5.76 Å². The van der Waals surface area contributed by atoms with E-state index >= 15 is 0 Å². The molecule has 1 amide bonds. The minimum Gasteiger partial charge on any atom is -0.456 e. The van der Waals surface area contributed by atoms with Gasteiger partial charge in [-0.2, -0.15) is 0 Å². The van der Waals surface area contributed by atoms with E-state index in [2.05, 4.69) is 0 Å². The minimum atomic E-state index is -0.0462. The lowest BCUT2D eigenvalue weighted by Gasteiger charge is -2.34. The molecule has 0 N–H and O–H groups in total. The molecule has 0 aliphatic carbocycles. The normalized spacial score (nSPS) is 25.8. The molecule has 0 spiro atoms. The van der Waals surface area contributed by atoms with E-state index in [1.807, 2.05) is 20.8 Å². The van der Waals surface area contributed by atoms with Gasteiger partial charge in [-0.3, -0.25) is 4.79 Å². The number of hydrogen-bond acceptors (Lipinski definition) is 3. The van der Waals surface area contributed by atoms with Gasteiger partial charge in [0.15, 0.2) is 5.76 Å². The van der Waals surface area contributed by atoms with Crippen molar-refractivity contribution in [3.8, 4) is 0 Å². The SMILES string of the molecule is Cc1ccc(C(=O)N2C[C@H](C)O[C@@H](C)C2)o1. The molecule has 1 fully saturated rings. The molecule has 0 saturated carbocycles. The van der Waals surface area contributed by atoms with Gasteiger partial charge in [-0.25, -0.2) is 0 Å². The number of carbonyl (C=O) groups excluding carboxylic acids is 1. The molecule has 2 atom stereocenters. The van der Waals surface area contributed by atoms with Crippen LogP contribution in [-0.4, -0.2) is 36.1 Å². The maximum atomic E-state index is 12.1. The van der Waals surface area contributed by atoms with Gasteiger partial charge in [-0.05, 0) is 32.9 Å². The van der Waals surface area contributed by atoms with Crippen LogP contribution in [0.15, 0.2) is 16.5 Å². The molecule has 1 saturated heterocycles. The number of amides is 1. The number of furan rings is 1. The van der Waals surface area contributed by atoms with Gasteiger partial charge in [0.2, 0.25) is 0 Å². The third-order valence-electron chi connectivity index (χ3n) is 2.66. The Hall–Kier alpha value is -1.29. The van der Waals surface area contributed by atoms with Crippen molar-refractivity contribution in [3.05, 3.63) is 23.7 Å². The average Bonchev–Trinajstić information content (AvgIpc) is 2.62. The summed E-state index contributed by atoms with van der Waals surface area (Å²) in [5, 5.41) is 0. The van der Waals surface area contributed by atoms with Crippen LogP contribution in [-0.2, 0) is 4.74 Å². The molecule has 2 rings (SSSR count). The van der Waals surface area contributed by atoms with Crippen molar-refractivity contribution in [3.63, 3.8) is 0 Å². The maximum absolute atomic E-state index is 12.1. The molecule has 1 aromatic heterocycles. The number of hydrogen-bond donors (Lipinski definition) is 0. The van der Waals surface area contributed by atoms with Crippen LogP contribution in [0.4, 0.5) is 0 Å². The predicted molar refractivity (Wildman–Crippen MR) is 59.4 cm³/mol. The summed E-state index contributed by atoms with van der Waals surface area (Å²) in [6, 6.07) is 3.53. The Morgan fingerprint density at radius 2 is 1.94 bits per heavy atom. The first kappa shape index (κ1) is 11.2. The Balaban J connectivity index is 2.09. The standard InChI is InChI=1S/C12H17NO3/c1-8-4-5-11(16-8)12(14)13-6-9(2)15-10(3)7-13/h4-5,9-10H,6-7H2,1-3H3/t9-,10-/m0/s1. The highest BCUT2D eigenvalue weighted by Gasteiger charge is 2.27. The Bertz CT molecular complexity index is 375. The molecular weight excluding hydrogens is 206 g/mol. The predicted octanol–water partition coefficient (Wildman–Crippen LogP) is 1.84. The lowest BCUT2D eigenvalue weighted by atomic mass is 10.2. The smallest absolute Gasteiger partial charge is 0.289 e. The first-order valence-corrected chi connectivity index (χ1v) is 5.57. The number of ether oxygens (including phenoxy) is 1. The Morgan fingerprint density at radius 3 is 2.44 bits per heavy atom.